The van der Waals surface area contributed by atoms with Crippen molar-refractivity contribution in [1.82, 2.24) is 4.98 Å². The first kappa shape index (κ1) is 45.7. The molecule has 0 aliphatic carbocycles. The summed E-state index contributed by atoms with van der Waals surface area (Å²) in [5, 5.41) is 14.7. The van der Waals surface area contributed by atoms with Crippen LogP contribution < -0.4 is 0 Å². The number of ketones is 1. The summed E-state index contributed by atoms with van der Waals surface area (Å²) >= 11 is 0. The third kappa shape index (κ3) is 9.34. The molecule has 0 unspecified atom stereocenters. The first-order valence-electron chi connectivity index (χ1n) is 20.6. The van der Waals surface area contributed by atoms with E-state index < -0.39 is 0 Å². The molecule has 0 bridgehead atoms. The van der Waals surface area contributed by atoms with Crippen molar-refractivity contribution in [2.75, 3.05) is 0 Å². The maximum absolute atomic E-state index is 12.2. The number of aliphatic hydroxyl groups is 1. The van der Waals surface area contributed by atoms with Gasteiger partial charge in [0, 0.05) is 65.5 Å². The number of aromatic nitrogens is 1. The normalized spacial score (nSPS) is 12.6. The number of rotatable bonds is 11. The van der Waals surface area contributed by atoms with Crippen LogP contribution in [0.15, 0.2) is 75.3 Å². The Morgan fingerprint density at radius 1 is 0.825 bits per heavy atom. The molecular formula is C51H64IrNO4-. The summed E-state index contributed by atoms with van der Waals surface area (Å²) < 4.78 is 12.6. The number of hydrogen-bond acceptors (Lipinski definition) is 5. The molecule has 0 saturated carbocycles. The van der Waals surface area contributed by atoms with Crippen molar-refractivity contribution in [3.05, 3.63) is 101 Å². The first-order chi connectivity index (χ1) is 26.3. The van der Waals surface area contributed by atoms with E-state index in [1.54, 1.807) is 0 Å². The van der Waals surface area contributed by atoms with E-state index in [2.05, 4.69) is 109 Å². The Hall–Kier alpha value is -3.99. The van der Waals surface area contributed by atoms with E-state index in [1.807, 2.05) is 48.5 Å². The van der Waals surface area contributed by atoms with Crippen molar-refractivity contribution in [2.24, 2.45) is 16.7 Å². The Balaban J connectivity index is 0.000000341. The van der Waals surface area contributed by atoms with Gasteiger partial charge in [0.05, 0.1) is 0 Å². The van der Waals surface area contributed by atoms with Gasteiger partial charge in [-0.3, -0.25) is 9.78 Å². The Labute approximate surface area is 355 Å². The zero-order valence-electron chi connectivity index (χ0n) is 36.8. The minimum Gasteiger partial charge on any atom is -0.512 e. The monoisotopic (exact) mass is 947 g/mol. The van der Waals surface area contributed by atoms with Gasteiger partial charge in [-0.2, -0.15) is 0 Å². The quantitative estimate of drug-likeness (QED) is 0.0795. The number of nitrogens with zero attached hydrogens (tertiary/aromatic N) is 1. The second-order valence-electron chi connectivity index (χ2n) is 17.8. The van der Waals surface area contributed by atoms with E-state index in [9.17, 15) is 9.90 Å². The molecule has 3 heterocycles. The Morgan fingerprint density at radius 3 is 2.05 bits per heavy atom. The zero-order chi connectivity index (χ0) is 41.3. The number of hydrogen-bond donors (Lipinski definition) is 1. The van der Waals surface area contributed by atoms with Crippen molar-refractivity contribution in [3.63, 3.8) is 0 Å². The van der Waals surface area contributed by atoms with Gasteiger partial charge in [0.2, 0.25) is 5.71 Å². The van der Waals surface area contributed by atoms with Crippen LogP contribution in [0.5, 0.6) is 0 Å². The van der Waals surface area contributed by atoms with Crippen molar-refractivity contribution in [2.45, 2.75) is 134 Å². The van der Waals surface area contributed by atoms with E-state index in [4.69, 9.17) is 13.8 Å². The molecule has 0 aliphatic heterocycles. The van der Waals surface area contributed by atoms with Crippen LogP contribution in [0.3, 0.4) is 0 Å². The molecule has 0 fully saturated rings. The molecule has 5 nitrogen and oxygen atoms in total. The molecule has 0 atom stereocenters. The third-order valence-electron chi connectivity index (χ3n) is 12.5. The van der Waals surface area contributed by atoms with Crippen LogP contribution in [0.4, 0.5) is 0 Å². The molecule has 0 saturated heterocycles. The molecule has 6 heteroatoms. The van der Waals surface area contributed by atoms with E-state index >= 15 is 0 Å². The minimum absolute atomic E-state index is 0. The average molecular weight is 947 g/mol. The van der Waals surface area contributed by atoms with Crippen LogP contribution in [-0.4, -0.2) is 15.9 Å². The number of fused-ring (bicyclic) bond motifs is 3. The van der Waals surface area contributed by atoms with Gasteiger partial charge in [0.25, 0.3) is 0 Å². The number of allylic oxidation sites excluding steroid dienone is 2. The second-order valence-corrected chi connectivity index (χ2v) is 17.8. The average Bonchev–Trinajstić information content (AvgIpc) is 3.64. The summed E-state index contributed by atoms with van der Waals surface area (Å²) in [7, 11) is 0. The SMILES string of the molecule is CCC(C)(CC)C(=O)/C=C(\O)C(C)(CC)CC.Cc1oc2nc(-c3[c-]c4ccccc4c(C(C)(C)C)c3)cc(-c3ccc4c(C)c(CC(C)C)oc4c3)c2c1C.[Ir]. The molecule has 0 spiro atoms. The van der Waals surface area contributed by atoms with Crippen molar-refractivity contribution >= 4 is 38.6 Å². The largest absolute Gasteiger partial charge is 0.512 e. The van der Waals surface area contributed by atoms with Gasteiger partial charge in [0.15, 0.2) is 5.78 Å². The molecule has 57 heavy (non-hydrogen) atoms. The summed E-state index contributed by atoms with van der Waals surface area (Å²) in [5.41, 5.74) is 8.64. The molecule has 0 aliphatic rings. The second kappa shape index (κ2) is 17.9. The van der Waals surface area contributed by atoms with Crippen LogP contribution in [0.2, 0.25) is 0 Å². The van der Waals surface area contributed by atoms with Gasteiger partial charge in [-0.15, -0.1) is 29.1 Å². The number of carbonyl (C=O) groups is 1. The Morgan fingerprint density at radius 2 is 1.46 bits per heavy atom. The van der Waals surface area contributed by atoms with Crippen molar-refractivity contribution in [3.8, 4) is 22.4 Å². The minimum atomic E-state index is -0.337. The van der Waals surface area contributed by atoms with E-state index in [1.165, 1.54) is 28.0 Å². The van der Waals surface area contributed by atoms with Crippen LogP contribution in [0.25, 0.3) is 55.2 Å². The molecule has 3 aromatic carbocycles. The van der Waals surface area contributed by atoms with Gasteiger partial charge < -0.3 is 13.9 Å². The molecule has 3 aromatic heterocycles. The molecular weight excluding hydrogens is 883 g/mol. The fourth-order valence-corrected chi connectivity index (χ4v) is 7.40. The van der Waals surface area contributed by atoms with Gasteiger partial charge >= 0.3 is 0 Å². The number of pyridine rings is 1. The van der Waals surface area contributed by atoms with E-state index in [0.717, 1.165) is 87.9 Å². The van der Waals surface area contributed by atoms with Gasteiger partial charge in [-0.05, 0) is 80.5 Å². The predicted octanol–water partition coefficient (Wildman–Crippen LogP) is 14.9. The number of furan rings is 2. The van der Waals surface area contributed by atoms with Crippen molar-refractivity contribution < 1.29 is 38.8 Å². The van der Waals surface area contributed by atoms with Crippen LogP contribution in [0, 0.1) is 43.6 Å². The summed E-state index contributed by atoms with van der Waals surface area (Å²) in [6.45, 7) is 29.6. The van der Waals surface area contributed by atoms with Gasteiger partial charge in [-0.25, -0.2) is 0 Å². The Bertz CT molecular complexity index is 2390. The summed E-state index contributed by atoms with van der Waals surface area (Å²) in [5.74, 6) is 2.80. The number of carbonyl (C=O) groups excluding carboxylic acids is 1. The molecule has 1 N–H and O–H groups in total. The fraction of sp³-hybridized carbons (Fsp3) is 0.451. The smallest absolute Gasteiger partial charge is 0.220 e. The van der Waals surface area contributed by atoms with E-state index in [0.29, 0.717) is 11.6 Å². The van der Waals surface area contributed by atoms with Crippen molar-refractivity contribution in [1.29, 1.82) is 0 Å². The molecule has 6 aromatic rings. The molecule has 1 radical (unpaired) electrons. The maximum atomic E-state index is 12.2. The molecule has 0 amide bonds. The molecule has 6 rings (SSSR count). The number of aliphatic hydroxyl groups excluding tert-OH is 1. The van der Waals surface area contributed by atoms with E-state index in [-0.39, 0.29) is 47.9 Å². The number of benzene rings is 3. The maximum Gasteiger partial charge on any atom is 0.220 e. The topological polar surface area (TPSA) is 76.5 Å². The zero-order valence-corrected chi connectivity index (χ0v) is 39.2. The summed E-state index contributed by atoms with van der Waals surface area (Å²) in [6.07, 6.45) is 5.69. The standard InChI is InChI=1S/C36H36NO2.C15H28O2.Ir/c1-20(2)15-32-22(4)27-14-13-25(18-33(27)39-32)29-19-31(37-35-34(29)21(3)23(5)38-35)26-16-24-11-9-10-12-28(24)30(17-26)36(6,7)8;1-7-14(5,8-2)12(16)11-13(17)15(6,9-3)10-4;/h9-14,17-20H,15H2,1-8H3;11,16H,7-10H2,1-6H3;/q-1;;/b;12-11-;. The third-order valence-corrected chi connectivity index (χ3v) is 12.5. The molecule has 307 valence electrons. The first-order valence-corrected chi connectivity index (χ1v) is 20.6. The van der Waals surface area contributed by atoms with Gasteiger partial charge in [-0.1, -0.05) is 124 Å². The van der Waals surface area contributed by atoms with Crippen LogP contribution >= 0.6 is 0 Å². The van der Waals surface area contributed by atoms with Gasteiger partial charge in [0.1, 0.15) is 22.9 Å². The fourth-order valence-electron chi connectivity index (χ4n) is 7.40. The summed E-state index contributed by atoms with van der Waals surface area (Å²) in [4.78, 5) is 17.2. The van der Waals surface area contributed by atoms with Crippen LogP contribution in [0.1, 0.15) is 130 Å². The number of aryl methyl sites for hydroxylation is 3. The van der Waals surface area contributed by atoms with Crippen LogP contribution in [-0.2, 0) is 36.7 Å². The Kier molecular flexibility index (Phi) is 14.3. The summed E-state index contributed by atoms with van der Waals surface area (Å²) in [6, 6.07) is 23.2. The predicted molar refractivity (Wildman–Crippen MR) is 236 cm³/mol.